The molecule has 1 aromatic heterocycles. The monoisotopic (exact) mass is 357 g/mol. The van der Waals surface area contributed by atoms with E-state index in [1.807, 2.05) is 26.1 Å². The van der Waals surface area contributed by atoms with Gasteiger partial charge in [-0.15, -0.1) is 0 Å². The van der Waals surface area contributed by atoms with Crippen molar-refractivity contribution in [2.24, 2.45) is 7.05 Å². The van der Waals surface area contributed by atoms with Gasteiger partial charge in [-0.1, -0.05) is 34.5 Å². The maximum absolute atomic E-state index is 10.4. The van der Waals surface area contributed by atoms with Crippen LogP contribution in [-0.4, -0.2) is 14.9 Å². The Morgan fingerprint density at radius 3 is 2.80 bits per heavy atom. The average molecular weight is 359 g/mol. The predicted octanol–water partition coefficient (Wildman–Crippen LogP) is 3.26. The molecule has 0 bridgehead atoms. The van der Waals surface area contributed by atoms with Crippen LogP contribution in [0.5, 0.6) is 0 Å². The Morgan fingerprint density at radius 1 is 1.50 bits per heavy atom. The van der Waals surface area contributed by atoms with Gasteiger partial charge in [0.05, 0.1) is 22.5 Å². The van der Waals surface area contributed by atoms with Crippen molar-refractivity contribution in [2.75, 3.05) is 5.73 Å². The van der Waals surface area contributed by atoms with Crippen molar-refractivity contribution in [1.29, 1.82) is 0 Å². The Morgan fingerprint density at radius 2 is 2.20 bits per heavy atom. The number of aryl methyl sites for hydroxylation is 2. The summed E-state index contributed by atoms with van der Waals surface area (Å²) in [6.07, 6.45) is 0.426. The summed E-state index contributed by atoms with van der Waals surface area (Å²) < 4.78 is 2.60. The Balaban J connectivity index is 2.30. The van der Waals surface area contributed by atoms with Crippen LogP contribution in [0, 0.1) is 0 Å². The standard InChI is InChI=1S/C14H17BrClN3O/c1-3-11-14(16)12(19(2)18-11)7-13(20)9-6-8(15)4-5-10(9)17/h4-6,13,20H,3,7,17H2,1-2H3. The fourth-order valence-corrected chi connectivity index (χ4v) is 2.92. The Labute approximate surface area is 131 Å². The zero-order valence-corrected chi connectivity index (χ0v) is 13.7. The molecule has 0 saturated heterocycles. The predicted molar refractivity (Wildman–Crippen MR) is 84.8 cm³/mol. The van der Waals surface area contributed by atoms with Crippen molar-refractivity contribution in [2.45, 2.75) is 25.9 Å². The summed E-state index contributed by atoms with van der Waals surface area (Å²) in [6.45, 7) is 2.00. The van der Waals surface area contributed by atoms with E-state index in [9.17, 15) is 5.11 Å². The normalized spacial score (nSPS) is 12.7. The number of rotatable bonds is 4. The number of nitrogens with zero attached hydrogens (tertiary/aromatic N) is 2. The molecule has 0 saturated carbocycles. The molecule has 0 spiro atoms. The topological polar surface area (TPSA) is 64.1 Å². The lowest BCUT2D eigenvalue weighted by molar-refractivity contribution is 0.176. The highest BCUT2D eigenvalue weighted by Gasteiger charge is 2.19. The summed E-state index contributed by atoms with van der Waals surface area (Å²) in [5, 5.41) is 15.4. The molecule has 0 fully saturated rings. The largest absolute Gasteiger partial charge is 0.398 e. The number of anilines is 1. The van der Waals surface area contributed by atoms with Crippen LogP contribution < -0.4 is 5.73 Å². The summed E-state index contributed by atoms with van der Waals surface area (Å²) in [7, 11) is 1.83. The molecule has 108 valence electrons. The van der Waals surface area contributed by atoms with Gasteiger partial charge < -0.3 is 10.8 Å². The third-order valence-electron chi connectivity index (χ3n) is 3.30. The molecule has 0 aliphatic carbocycles. The van der Waals surface area contributed by atoms with Gasteiger partial charge in [-0.2, -0.15) is 5.10 Å². The Kier molecular flexibility index (Phi) is 4.73. The van der Waals surface area contributed by atoms with Crippen LogP contribution in [-0.2, 0) is 19.9 Å². The van der Waals surface area contributed by atoms with E-state index in [0.717, 1.165) is 22.3 Å². The maximum Gasteiger partial charge on any atom is 0.0866 e. The van der Waals surface area contributed by atoms with Gasteiger partial charge in [-0.05, 0) is 24.6 Å². The van der Waals surface area contributed by atoms with Gasteiger partial charge in [0, 0.05) is 29.2 Å². The Hall–Kier alpha value is -1.04. The van der Waals surface area contributed by atoms with Crippen LogP contribution in [0.1, 0.15) is 30.0 Å². The molecule has 1 atom stereocenters. The summed E-state index contributed by atoms with van der Waals surface area (Å²) in [5.41, 5.74) is 8.83. The number of aliphatic hydroxyl groups is 1. The second-order valence-electron chi connectivity index (χ2n) is 4.68. The molecule has 1 heterocycles. The van der Waals surface area contributed by atoms with Gasteiger partial charge in [0.1, 0.15) is 0 Å². The van der Waals surface area contributed by atoms with E-state index in [-0.39, 0.29) is 0 Å². The van der Waals surface area contributed by atoms with Crippen molar-refractivity contribution in [3.63, 3.8) is 0 Å². The number of nitrogens with two attached hydrogens (primary N) is 1. The first-order valence-electron chi connectivity index (χ1n) is 6.37. The van der Waals surface area contributed by atoms with Gasteiger partial charge in [-0.25, -0.2) is 0 Å². The highest BCUT2D eigenvalue weighted by molar-refractivity contribution is 9.10. The summed E-state index contributed by atoms with van der Waals surface area (Å²) in [4.78, 5) is 0. The van der Waals surface area contributed by atoms with Crippen molar-refractivity contribution in [1.82, 2.24) is 9.78 Å². The zero-order chi connectivity index (χ0) is 14.9. The van der Waals surface area contributed by atoms with Gasteiger partial charge in [0.15, 0.2) is 0 Å². The van der Waals surface area contributed by atoms with Crippen LogP contribution in [0.2, 0.25) is 5.02 Å². The second-order valence-corrected chi connectivity index (χ2v) is 5.97. The minimum Gasteiger partial charge on any atom is -0.398 e. The van der Waals surface area contributed by atoms with E-state index < -0.39 is 6.10 Å². The van der Waals surface area contributed by atoms with Gasteiger partial charge in [-0.3, -0.25) is 4.68 Å². The Bertz CT molecular complexity index is 627. The van der Waals surface area contributed by atoms with Gasteiger partial charge >= 0.3 is 0 Å². The third-order valence-corrected chi connectivity index (χ3v) is 4.23. The number of aliphatic hydroxyl groups excluding tert-OH is 1. The van der Waals surface area contributed by atoms with Crippen molar-refractivity contribution in [3.05, 3.63) is 44.6 Å². The fraction of sp³-hybridized carbons (Fsp3) is 0.357. The first kappa shape index (κ1) is 15.4. The number of benzene rings is 1. The molecule has 3 N–H and O–H groups in total. The molecule has 2 aromatic rings. The minimum absolute atomic E-state index is 0.378. The molecule has 1 unspecified atom stereocenters. The average Bonchev–Trinajstić information content (AvgIpc) is 2.68. The fourth-order valence-electron chi connectivity index (χ4n) is 2.17. The summed E-state index contributed by atoms with van der Waals surface area (Å²) in [6, 6.07) is 5.44. The summed E-state index contributed by atoms with van der Waals surface area (Å²) >= 11 is 9.68. The minimum atomic E-state index is -0.717. The SMILES string of the molecule is CCc1nn(C)c(CC(O)c2cc(Br)ccc2N)c1Cl. The number of nitrogen functional groups attached to an aromatic ring is 1. The molecular formula is C14H17BrClN3O. The number of aromatic nitrogens is 2. The van der Waals surface area contributed by atoms with E-state index >= 15 is 0 Å². The lowest BCUT2D eigenvalue weighted by Gasteiger charge is -2.14. The molecule has 2 rings (SSSR count). The van der Waals surface area contributed by atoms with Crippen LogP contribution in [0.3, 0.4) is 0 Å². The molecule has 0 amide bonds. The van der Waals surface area contributed by atoms with Gasteiger partial charge in [0.2, 0.25) is 0 Å². The van der Waals surface area contributed by atoms with Crippen molar-refractivity contribution >= 4 is 33.2 Å². The highest BCUT2D eigenvalue weighted by atomic mass is 79.9. The van der Waals surface area contributed by atoms with E-state index in [1.54, 1.807) is 10.7 Å². The molecule has 0 aliphatic rings. The van der Waals surface area contributed by atoms with Crippen LogP contribution in [0.4, 0.5) is 5.69 Å². The third kappa shape index (κ3) is 3.00. The van der Waals surface area contributed by atoms with Gasteiger partial charge in [0.25, 0.3) is 0 Å². The molecule has 4 nitrogen and oxygen atoms in total. The maximum atomic E-state index is 10.4. The van der Waals surface area contributed by atoms with Crippen molar-refractivity contribution < 1.29 is 5.11 Å². The molecule has 6 heteroatoms. The lowest BCUT2D eigenvalue weighted by atomic mass is 10.0. The number of halogens is 2. The van der Waals surface area contributed by atoms with E-state index in [2.05, 4.69) is 21.0 Å². The van der Waals surface area contributed by atoms with E-state index in [1.165, 1.54) is 0 Å². The second kappa shape index (κ2) is 6.16. The smallest absolute Gasteiger partial charge is 0.0866 e. The van der Waals surface area contributed by atoms with E-state index in [4.69, 9.17) is 17.3 Å². The summed E-state index contributed by atoms with van der Waals surface area (Å²) in [5.74, 6) is 0. The van der Waals surface area contributed by atoms with Crippen LogP contribution >= 0.6 is 27.5 Å². The molecule has 20 heavy (non-hydrogen) atoms. The lowest BCUT2D eigenvalue weighted by Crippen LogP contribution is -2.09. The number of hydrogen-bond donors (Lipinski definition) is 2. The molecule has 0 radical (unpaired) electrons. The quantitative estimate of drug-likeness (QED) is 0.825. The highest BCUT2D eigenvalue weighted by Crippen LogP contribution is 2.30. The zero-order valence-electron chi connectivity index (χ0n) is 11.4. The number of hydrogen-bond acceptors (Lipinski definition) is 3. The van der Waals surface area contributed by atoms with E-state index in [0.29, 0.717) is 22.7 Å². The van der Waals surface area contributed by atoms with Crippen LogP contribution in [0.15, 0.2) is 22.7 Å². The van der Waals surface area contributed by atoms with Crippen molar-refractivity contribution in [3.8, 4) is 0 Å². The molecule has 1 aromatic carbocycles. The first-order chi connectivity index (χ1) is 9.43. The first-order valence-corrected chi connectivity index (χ1v) is 7.54. The molecule has 0 aliphatic heterocycles. The molecular weight excluding hydrogens is 342 g/mol. The van der Waals surface area contributed by atoms with Crippen LogP contribution in [0.25, 0.3) is 0 Å².